The minimum Gasteiger partial charge on any atom is -0.436 e. The first kappa shape index (κ1) is 21.4. The Balaban J connectivity index is 1.37. The predicted octanol–water partition coefficient (Wildman–Crippen LogP) is 6.86. The van der Waals surface area contributed by atoms with Gasteiger partial charge >= 0.3 is 0 Å². The molecule has 0 aliphatic rings. The smallest absolute Gasteiger partial charge is 0.288 e. The van der Waals surface area contributed by atoms with Gasteiger partial charge in [-0.1, -0.05) is 54.1 Å². The molecule has 7 nitrogen and oxygen atoms in total. The van der Waals surface area contributed by atoms with E-state index in [1.807, 2.05) is 42.5 Å². The second-order valence-corrected chi connectivity index (χ2v) is 7.93. The predicted molar refractivity (Wildman–Crippen MR) is 133 cm³/mol. The number of hydrogen-bond donors (Lipinski definition) is 1. The number of fused-ring (bicyclic) bond motifs is 3. The minimum absolute atomic E-state index is 0.0376. The van der Waals surface area contributed by atoms with Crippen LogP contribution in [0.15, 0.2) is 89.4 Å². The first-order chi connectivity index (χ1) is 16.5. The van der Waals surface area contributed by atoms with Gasteiger partial charge in [-0.3, -0.25) is 14.9 Å². The van der Waals surface area contributed by atoms with Crippen molar-refractivity contribution in [1.29, 1.82) is 0 Å². The highest BCUT2D eigenvalue weighted by Gasteiger charge is 2.13. The van der Waals surface area contributed by atoms with Gasteiger partial charge in [0, 0.05) is 28.8 Å². The zero-order valence-corrected chi connectivity index (χ0v) is 18.3. The maximum absolute atomic E-state index is 12.4. The van der Waals surface area contributed by atoms with Gasteiger partial charge in [0.25, 0.3) is 5.69 Å². The Bertz CT molecular complexity index is 1610. The van der Waals surface area contributed by atoms with Crippen LogP contribution in [0.1, 0.15) is 5.56 Å². The Kier molecular flexibility index (Phi) is 5.53. The molecule has 0 spiro atoms. The summed E-state index contributed by atoms with van der Waals surface area (Å²) in [5.74, 6) is 0.0600. The lowest BCUT2D eigenvalue weighted by Gasteiger charge is -2.04. The number of nitro benzene ring substituents is 1. The molecule has 0 aliphatic carbocycles. The van der Waals surface area contributed by atoms with E-state index >= 15 is 0 Å². The average Bonchev–Trinajstić information content (AvgIpc) is 3.29. The number of nitro groups is 1. The molecule has 166 valence electrons. The number of halogens is 1. The highest BCUT2D eigenvalue weighted by molar-refractivity contribution is 6.32. The maximum Gasteiger partial charge on any atom is 0.288 e. The number of carbonyl (C=O) groups excluding carboxylic acids is 1. The summed E-state index contributed by atoms with van der Waals surface area (Å²) in [6, 6.07) is 23.3. The molecule has 34 heavy (non-hydrogen) atoms. The largest absolute Gasteiger partial charge is 0.436 e. The number of benzene rings is 4. The molecule has 0 saturated carbocycles. The molecule has 0 radical (unpaired) electrons. The van der Waals surface area contributed by atoms with Crippen LogP contribution >= 0.6 is 11.6 Å². The van der Waals surface area contributed by atoms with E-state index in [2.05, 4.69) is 10.3 Å². The summed E-state index contributed by atoms with van der Waals surface area (Å²) in [7, 11) is 0. The average molecular weight is 470 g/mol. The quantitative estimate of drug-likeness (QED) is 0.172. The highest BCUT2D eigenvalue weighted by atomic mass is 35.5. The molecule has 0 fully saturated rings. The first-order valence-electron chi connectivity index (χ1n) is 10.3. The molecule has 1 amide bonds. The zero-order valence-electron chi connectivity index (χ0n) is 17.6. The van der Waals surface area contributed by atoms with E-state index in [0.29, 0.717) is 22.7 Å². The van der Waals surface area contributed by atoms with Crippen LogP contribution in [0.5, 0.6) is 0 Å². The van der Waals surface area contributed by atoms with E-state index in [-0.39, 0.29) is 10.7 Å². The first-order valence-corrected chi connectivity index (χ1v) is 10.7. The van der Waals surface area contributed by atoms with Gasteiger partial charge in [-0.05, 0) is 47.4 Å². The SMILES string of the molecule is O=C(/C=C/c1ccc(Cl)c([N+](=O)[O-])c1)Nc1cccc(-c2nc3c(ccc4ccccc43)o2)c1. The van der Waals surface area contributed by atoms with Crippen molar-refractivity contribution in [3.05, 3.63) is 106 Å². The monoisotopic (exact) mass is 469 g/mol. The van der Waals surface area contributed by atoms with Gasteiger partial charge in [-0.15, -0.1) is 0 Å². The van der Waals surface area contributed by atoms with Crippen LogP contribution < -0.4 is 5.32 Å². The maximum atomic E-state index is 12.4. The van der Waals surface area contributed by atoms with Crippen LogP contribution in [0.3, 0.4) is 0 Å². The topological polar surface area (TPSA) is 98.3 Å². The molecule has 1 heterocycles. The molecule has 0 bridgehead atoms. The van der Waals surface area contributed by atoms with E-state index in [1.165, 1.54) is 24.3 Å². The lowest BCUT2D eigenvalue weighted by molar-refractivity contribution is -0.384. The van der Waals surface area contributed by atoms with Crippen LogP contribution in [0, 0.1) is 10.1 Å². The number of anilines is 1. The summed E-state index contributed by atoms with van der Waals surface area (Å²) in [5, 5.41) is 15.9. The lowest BCUT2D eigenvalue weighted by atomic mass is 10.1. The Morgan fingerprint density at radius 2 is 1.88 bits per heavy atom. The molecular weight excluding hydrogens is 454 g/mol. The third-order valence-electron chi connectivity index (χ3n) is 5.25. The van der Waals surface area contributed by atoms with Crippen molar-refractivity contribution in [2.75, 3.05) is 5.32 Å². The normalized spacial score (nSPS) is 11.3. The molecule has 0 atom stereocenters. The zero-order chi connectivity index (χ0) is 23.7. The lowest BCUT2D eigenvalue weighted by Crippen LogP contribution is -2.07. The van der Waals surface area contributed by atoms with Gasteiger partial charge < -0.3 is 9.73 Å². The fourth-order valence-corrected chi connectivity index (χ4v) is 3.83. The number of hydrogen-bond acceptors (Lipinski definition) is 5. The van der Waals surface area contributed by atoms with E-state index in [9.17, 15) is 14.9 Å². The van der Waals surface area contributed by atoms with Crippen LogP contribution in [0.2, 0.25) is 5.02 Å². The van der Waals surface area contributed by atoms with Crippen molar-refractivity contribution < 1.29 is 14.1 Å². The molecule has 8 heteroatoms. The van der Waals surface area contributed by atoms with Gasteiger partial charge in [-0.25, -0.2) is 4.98 Å². The number of aromatic nitrogens is 1. The fraction of sp³-hybridized carbons (Fsp3) is 0. The van der Waals surface area contributed by atoms with Crippen LogP contribution in [0.4, 0.5) is 11.4 Å². The summed E-state index contributed by atoms with van der Waals surface area (Å²) >= 11 is 5.82. The second kappa shape index (κ2) is 8.80. The van der Waals surface area contributed by atoms with Crippen molar-refractivity contribution >= 4 is 56.8 Å². The Morgan fingerprint density at radius 3 is 2.74 bits per heavy atom. The summed E-state index contributed by atoms with van der Waals surface area (Å²) in [6.07, 6.45) is 2.78. The summed E-state index contributed by atoms with van der Waals surface area (Å²) in [6.45, 7) is 0. The van der Waals surface area contributed by atoms with E-state index in [1.54, 1.807) is 24.3 Å². The molecule has 0 unspecified atom stereocenters. The van der Waals surface area contributed by atoms with E-state index < -0.39 is 10.8 Å². The number of nitrogens with one attached hydrogen (secondary N) is 1. The molecule has 5 aromatic rings. The van der Waals surface area contributed by atoms with Gasteiger partial charge in [0.05, 0.1) is 4.92 Å². The number of oxazole rings is 1. The van der Waals surface area contributed by atoms with Crippen molar-refractivity contribution in [2.24, 2.45) is 0 Å². The van der Waals surface area contributed by atoms with Crippen molar-refractivity contribution in [3.8, 4) is 11.5 Å². The number of amides is 1. The van der Waals surface area contributed by atoms with Gasteiger partial charge in [-0.2, -0.15) is 0 Å². The van der Waals surface area contributed by atoms with Gasteiger partial charge in [0.1, 0.15) is 10.5 Å². The Hall–Kier alpha value is -4.49. The molecule has 0 aliphatic heterocycles. The molecular formula is C26H16ClN3O4. The van der Waals surface area contributed by atoms with Crippen LogP contribution in [-0.2, 0) is 4.79 Å². The van der Waals surface area contributed by atoms with E-state index in [4.69, 9.17) is 16.0 Å². The summed E-state index contributed by atoms with van der Waals surface area (Å²) < 4.78 is 5.96. The summed E-state index contributed by atoms with van der Waals surface area (Å²) in [5.41, 5.74) is 3.00. The Morgan fingerprint density at radius 1 is 1.03 bits per heavy atom. The van der Waals surface area contributed by atoms with Crippen LogP contribution in [-0.4, -0.2) is 15.8 Å². The van der Waals surface area contributed by atoms with Crippen molar-refractivity contribution in [1.82, 2.24) is 4.98 Å². The standard InChI is InChI=1S/C26H16ClN3O4/c27-21-11-8-16(14-22(21)30(32)33)9-13-24(31)28-19-6-3-5-18(15-19)26-29-25-20-7-2-1-4-17(20)10-12-23(25)34-26/h1-15H,(H,28,31)/b13-9+. The molecule has 1 N–H and O–H groups in total. The molecule has 0 saturated heterocycles. The highest BCUT2D eigenvalue weighted by Crippen LogP contribution is 2.30. The molecule has 4 aromatic carbocycles. The van der Waals surface area contributed by atoms with Crippen LogP contribution in [0.25, 0.3) is 39.4 Å². The number of rotatable bonds is 5. The van der Waals surface area contributed by atoms with Crippen molar-refractivity contribution in [2.45, 2.75) is 0 Å². The third kappa shape index (κ3) is 4.24. The van der Waals surface area contributed by atoms with Crippen molar-refractivity contribution in [3.63, 3.8) is 0 Å². The second-order valence-electron chi connectivity index (χ2n) is 7.52. The molecule has 5 rings (SSSR count). The molecule has 1 aromatic heterocycles. The van der Waals surface area contributed by atoms with Gasteiger partial charge in [0.15, 0.2) is 5.58 Å². The summed E-state index contributed by atoms with van der Waals surface area (Å²) in [4.78, 5) is 27.5. The minimum atomic E-state index is -0.569. The fourth-order valence-electron chi connectivity index (χ4n) is 3.64. The van der Waals surface area contributed by atoms with Gasteiger partial charge in [0.2, 0.25) is 11.8 Å². The third-order valence-corrected chi connectivity index (χ3v) is 5.57. The van der Waals surface area contributed by atoms with E-state index in [0.717, 1.165) is 21.9 Å². The number of nitrogens with zero attached hydrogens (tertiary/aromatic N) is 2. The number of carbonyl (C=O) groups is 1. The Labute approximate surface area is 198 Å².